The summed E-state index contributed by atoms with van der Waals surface area (Å²) in [5.74, 6) is -0.853. The lowest BCUT2D eigenvalue weighted by molar-refractivity contribution is -0.163. The van der Waals surface area contributed by atoms with E-state index < -0.39 is 11.9 Å². The molecule has 0 unspecified atom stereocenters. The molecule has 1 aromatic heterocycles. The van der Waals surface area contributed by atoms with Crippen LogP contribution in [0.15, 0.2) is 15.2 Å². The van der Waals surface area contributed by atoms with E-state index in [1.165, 1.54) is 0 Å². The highest BCUT2D eigenvalue weighted by atomic mass is 79.9. The number of thiophene rings is 1. The van der Waals surface area contributed by atoms with E-state index in [0.29, 0.717) is 12.8 Å². The van der Waals surface area contributed by atoms with Gasteiger partial charge in [-0.25, -0.2) is 0 Å². The van der Waals surface area contributed by atoms with Gasteiger partial charge in [-0.3, -0.25) is 9.59 Å². The van der Waals surface area contributed by atoms with Crippen molar-refractivity contribution in [3.05, 3.63) is 20.8 Å². The van der Waals surface area contributed by atoms with Gasteiger partial charge in [-0.05, 0) is 32.9 Å². The Morgan fingerprint density at radius 3 is 2.50 bits per heavy atom. The fourth-order valence-electron chi connectivity index (χ4n) is 1.46. The third-order valence-electron chi connectivity index (χ3n) is 2.11. The second-order valence-electron chi connectivity index (χ2n) is 3.14. The fourth-order valence-corrected chi connectivity index (χ4v) is 2.72. The molecule has 1 aromatic rings. The summed E-state index contributed by atoms with van der Waals surface area (Å²) in [5.41, 5.74) is 1.03. The van der Waals surface area contributed by atoms with Crippen molar-refractivity contribution in [1.82, 2.24) is 0 Å². The van der Waals surface area contributed by atoms with Crippen LogP contribution < -0.4 is 0 Å². The molecule has 2 rings (SSSR count). The molecular weight excluding hydrogens is 268 g/mol. The van der Waals surface area contributed by atoms with E-state index in [0.717, 1.165) is 9.35 Å². The van der Waals surface area contributed by atoms with Crippen LogP contribution in [0.25, 0.3) is 0 Å². The van der Waals surface area contributed by atoms with Gasteiger partial charge < -0.3 is 4.74 Å². The van der Waals surface area contributed by atoms with Crippen LogP contribution in [0.2, 0.25) is 0 Å². The van der Waals surface area contributed by atoms with E-state index in [9.17, 15) is 9.59 Å². The number of hydrogen-bond acceptors (Lipinski definition) is 4. The predicted molar refractivity (Wildman–Crippen MR) is 55.1 cm³/mol. The molecule has 1 aliphatic rings. The molecule has 1 saturated heterocycles. The minimum atomic E-state index is -0.423. The summed E-state index contributed by atoms with van der Waals surface area (Å²) in [6.07, 6.45) is 0.601. The molecule has 74 valence electrons. The van der Waals surface area contributed by atoms with Gasteiger partial charge >= 0.3 is 11.9 Å². The minimum absolute atomic E-state index is 0.00806. The van der Waals surface area contributed by atoms with Crippen LogP contribution >= 0.6 is 27.3 Å². The molecular formula is C9H7BrO3S. The first kappa shape index (κ1) is 9.86. The van der Waals surface area contributed by atoms with Crippen LogP contribution in [0, 0.1) is 0 Å². The molecule has 0 aromatic carbocycles. The predicted octanol–water partition coefficient (Wildman–Crippen LogP) is 2.46. The van der Waals surface area contributed by atoms with E-state index in [-0.39, 0.29) is 5.92 Å². The normalized spacial score (nSPS) is 18.4. The van der Waals surface area contributed by atoms with Crippen LogP contribution in [0.1, 0.15) is 24.3 Å². The van der Waals surface area contributed by atoms with Crippen LogP contribution in [0.4, 0.5) is 0 Å². The lowest BCUT2D eigenvalue weighted by Gasteiger charge is -2.18. The Hall–Kier alpha value is -0.680. The van der Waals surface area contributed by atoms with Crippen molar-refractivity contribution >= 4 is 39.2 Å². The highest BCUT2D eigenvalue weighted by molar-refractivity contribution is 9.11. The van der Waals surface area contributed by atoms with Gasteiger partial charge in [0.05, 0.1) is 16.6 Å². The molecule has 0 atom stereocenters. The molecule has 0 spiro atoms. The zero-order valence-corrected chi connectivity index (χ0v) is 9.56. The van der Waals surface area contributed by atoms with Crippen molar-refractivity contribution in [2.75, 3.05) is 0 Å². The van der Waals surface area contributed by atoms with Crippen LogP contribution in [-0.2, 0) is 14.3 Å². The van der Waals surface area contributed by atoms with E-state index in [2.05, 4.69) is 20.7 Å². The van der Waals surface area contributed by atoms with Gasteiger partial charge in [0.15, 0.2) is 0 Å². The molecule has 5 heteroatoms. The van der Waals surface area contributed by atoms with E-state index in [1.807, 2.05) is 11.4 Å². The number of hydrogen-bond donors (Lipinski definition) is 0. The quantitative estimate of drug-likeness (QED) is 0.584. The standard InChI is InChI=1S/C9H7BrO3S/c10-7-1-6(4-14-7)5-2-8(11)13-9(12)3-5/h1,4-5H,2-3H2. The van der Waals surface area contributed by atoms with Crippen LogP contribution in [0.3, 0.4) is 0 Å². The molecule has 1 fully saturated rings. The topological polar surface area (TPSA) is 43.4 Å². The lowest BCUT2D eigenvalue weighted by Crippen LogP contribution is -2.23. The maximum absolute atomic E-state index is 11.0. The molecule has 0 bridgehead atoms. The van der Waals surface area contributed by atoms with Crippen LogP contribution in [-0.4, -0.2) is 11.9 Å². The SMILES string of the molecule is O=C1CC(c2csc(Br)c2)CC(=O)O1. The highest BCUT2D eigenvalue weighted by Gasteiger charge is 2.28. The van der Waals surface area contributed by atoms with Gasteiger partial charge in [0.25, 0.3) is 0 Å². The Morgan fingerprint density at radius 1 is 1.36 bits per heavy atom. The van der Waals surface area contributed by atoms with E-state index in [1.54, 1.807) is 11.3 Å². The molecule has 0 amide bonds. The molecule has 3 nitrogen and oxygen atoms in total. The second kappa shape index (κ2) is 3.82. The van der Waals surface area contributed by atoms with Crippen molar-refractivity contribution < 1.29 is 14.3 Å². The molecule has 2 heterocycles. The van der Waals surface area contributed by atoms with Gasteiger partial charge in [0.2, 0.25) is 0 Å². The zero-order chi connectivity index (χ0) is 10.1. The van der Waals surface area contributed by atoms with Gasteiger partial charge in [-0.15, -0.1) is 11.3 Å². The number of halogens is 1. The Labute approximate surface area is 93.2 Å². The first-order valence-corrected chi connectivity index (χ1v) is 5.80. The summed E-state index contributed by atoms with van der Waals surface area (Å²) in [6.45, 7) is 0. The lowest BCUT2D eigenvalue weighted by atomic mass is 9.93. The maximum atomic E-state index is 11.0. The number of rotatable bonds is 1. The Morgan fingerprint density at radius 2 is 2.00 bits per heavy atom. The summed E-state index contributed by atoms with van der Waals surface area (Å²) in [5, 5.41) is 1.96. The maximum Gasteiger partial charge on any atom is 0.314 e. The summed E-state index contributed by atoms with van der Waals surface area (Å²) in [4.78, 5) is 22.0. The summed E-state index contributed by atoms with van der Waals surface area (Å²) in [6, 6.07) is 1.95. The monoisotopic (exact) mass is 274 g/mol. The molecule has 0 aliphatic carbocycles. The molecule has 14 heavy (non-hydrogen) atoms. The van der Waals surface area contributed by atoms with Crippen molar-refractivity contribution in [2.45, 2.75) is 18.8 Å². The Balaban J connectivity index is 2.18. The first-order valence-electron chi connectivity index (χ1n) is 4.12. The van der Waals surface area contributed by atoms with Crippen molar-refractivity contribution in [3.8, 4) is 0 Å². The molecule has 0 N–H and O–H groups in total. The Kier molecular flexibility index (Phi) is 2.69. The average Bonchev–Trinajstić information content (AvgIpc) is 2.50. The number of carbonyl (C=O) groups excluding carboxylic acids is 2. The number of ether oxygens (including phenoxy) is 1. The highest BCUT2D eigenvalue weighted by Crippen LogP contribution is 2.33. The Bertz CT molecular complexity index is 369. The first-order chi connectivity index (χ1) is 6.65. The third-order valence-corrected chi connectivity index (χ3v) is 3.64. The minimum Gasteiger partial charge on any atom is -0.393 e. The van der Waals surface area contributed by atoms with Crippen molar-refractivity contribution in [1.29, 1.82) is 0 Å². The van der Waals surface area contributed by atoms with Gasteiger partial charge in [-0.2, -0.15) is 0 Å². The van der Waals surface area contributed by atoms with Gasteiger partial charge in [-0.1, -0.05) is 0 Å². The zero-order valence-electron chi connectivity index (χ0n) is 7.16. The molecule has 0 radical (unpaired) electrons. The largest absolute Gasteiger partial charge is 0.393 e. The van der Waals surface area contributed by atoms with E-state index >= 15 is 0 Å². The number of esters is 2. The number of carbonyl (C=O) groups is 2. The molecule has 1 aliphatic heterocycles. The fraction of sp³-hybridized carbons (Fsp3) is 0.333. The summed E-state index contributed by atoms with van der Waals surface area (Å²) < 4.78 is 5.47. The van der Waals surface area contributed by atoms with Crippen molar-refractivity contribution in [3.63, 3.8) is 0 Å². The van der Waals surface area contributed by atoms with Crippen molar-refractivity contribution in [2.24, 2.45) is 0 Å². The second-order valence-corrected chi connectivity index (χ2v) is 5.43. The average molecular weight is 275 g/mol. The molecule has 0 saturated carbocycles. The van der Waals surface area contributed by atoms with Gasteiger partial charge in [0.1, 0.15) is 0 Å². The van der Waals surface area contributed by atoms with E-state index in [4.69, 9.17) is 0 Å². The summed E-state index contributed by atoms with van der Waals surface area (Å²) in [7, 11) is 0. The smallest absolute Gasteiger partial charge is 0.314 e. The van der Waals surface area contributed by atoms with Gasteiger partial charge in [0, 0.05) is 5.92 Å². The summed E-state index contributed by atoms with van der Waals surface area (Å²) >= 11 is 4.90. The van der Waals surface area contributed by atoms with Crippen LogP contribution in [0.5, 0.6) is 0 Å². The number of cyclic esters (lactones) is 2. The third kappa shape index (κ3) is 2.04.